The summed E-state index contributed by atoms with van der Waals surface area (Å²) < 4.78 is 21.9. The summed E-state index contributed by atoms with van der Waals surface area (Å²) in [4.78, 5) is 0. The number of ether oxygens (including phenoxy) is 4. The van der Waals surface area contributed by atoms with Crippen LogP contribution in [-0.2, 0) is 18.9 Å². The molecule has 0 aromatic heterocycles. The van der Waals surface area contributed by atoms with Gasteiger partial charge in [-0.15, -0.1) is 0 Å². The summed E-state index contributed by atoms with van der Waals surface area (Å²) in [6.07, 6.45) is 19.4. The standard InChI is InChI=1S/C22H44O4/c1-4-6-14-19-25-22(26-20-15-7-5-2)17-13-11-9-8-10-12-16-18-24-21-23-3/h16,18,22H,4-15,17,19-21H2,1-3H3. The summed E-state index contributed by atoms with van der Waals surface area (Å²) in [7, 11) is 1.63. The zero-order chi connectivity index (χ0) is 19.1. The van der Waals surface area contributed by atoms with E-state index in [0.29, 0.717) is 6.79 Å². The Labute approximate surface area is 162 Å². The number of hydrogen-bond donors (Lipinski definition) is 0. The maximum absolute atomic E-state index is 5.96. The van der Waals surface area contributed by atoms with Gasteiger partial charge < -0.3 is 18.9 Å². The third kappa shape index (κ3) is 19.7. The molecule has 0 amide bonds. The van der Waals surface area contributed by atoms with Crippen molar-refractivity contribution < 1.29 is 18.9 Å². The Kier molecular flexibility index (Phi) is 22.0. The van der Waals surface area contributed by atoms with Crippen LogP contribution in [0.4, 0.5) is 0 Å². The molecule has 0 N–H and O–H groups in total. The minimum Gasteiger partial charge on any atom is -0.476 e. The molecule has 0 spiro atoms. The molecule has 4 heteroatoms. The third-order valence-corrected chi connectivity index (χ3v) is 4.29. The fourth-order valence-electron chi connectivity index (χ4n) is 2.70. The van der Waals surface area contributed by atoms with Crippen molar-refractivity contribution in [2.75, 3.05) is 27.1 Å². The number of unbranched alkanes of at least 4 members (excludes halogenated alkanes) is 9. The van der Waals surface area contributed by atoms with Crippen LogP contribution in [0.15, 0.2) is 12.3 Å². The van der Waals surface area contributed by atoms with Crippen LogP contribution >= 0.6 is 0 Å². The van der Waals surface area contributed by atoms with Crippen LogP contribution in [0.5, 0.6) is 0 Å². The predicted octanol–water partition coefficient (Wildman–Crippen LogP) is 6.59. The van der Waals surface area contributed by atoms with Crippen LogP contribution in [0.2, 0.25) is 0 Å². The molecule has 0 rings (SSSR count). The monoisotopic (exact) mass is 372 g/mol. The molecule has 0 bridgehead atoms. The summed E-state index contributed by atoms with van der Waals surface area (Å²) in [5, 5.41) is 0. The van der Waals surface area contributed by atoms with Gasteiger partial charge in [-0.05, 0) is 44.6 Å². The second-order valence-corrected chi connectivity index (χ2v) is 6.88. The molecule has 0 heterocycles. The highest BCUT2D eigenvalue weighted by atomic mass is 16.7. The normalized spacial score (nSPS) is 11.7. The lowest BCUT2D eigenvalue weighted by Crippen LogP contribution is -2.19. The minimum absolute atomic E-state index is 0.00424. The Morgan fingerprint density at radius 1 is 0.731 bits per heavy atom. The lowest BCUT2D eigenvalue weighted by Gasteiger charge is -2.18. The second kappa shape index (κ2) is 22.5. The summed E-state index contributed by atoms with van der Waals surface area (Å²) in [6, 6.07) is 0. The van der Waals surface area contributed by atoms with E-state index in [1.54, 1.807) is 13.4 Å². The fourth-order valence-corrected chi connectivity index (χ4v) is 2.70. The average Bonchev–Trinajstić information content (AvgIpc) is 2.66. The van der Waals surface area contributed by atoms with Crippen molar-refractivity contribution in [1.29, 1.82) is 0 Å². The molecule has 26 heavy (non-hydrogen) atoms. The van der Waals surface area contributed by atoms with Gasteiger partial charge in [-0.2, -0.15) is 0 Å². The van der Waals surface area contributed by atoms with Crippen LogP contribution in [0, 0.1) is 0 Å². The minimum atomic E-state index is 0.00424. The predicted molar refractivity (Wildman–Crippen MR) is 109 cm³/mol. The number of rotatable bonds is 21. The molecule has 0 fully saturated rings. The molecular weight excluding hydrogens is 328 g/mol. The lowest BCUT2D eigenvalue weighted by molar-refractivity contribution is -0.148. The van der Waals surface area contributed by atoms with E-state index in [9.17, 15) is 0 Å². The molecule has 0 radical (unpaired) electrons. The van der Waals surface area contributed by atoms with E-state index in [-0.39, 0.29) is 6.29 Å². The average molecular weight is 373 g/mol. The van der Waals surface area contributed by atoms with Crippen molar-refractivity contribution in [1.82, 2.24) is 0 Å². The van der Waals surface area contributed by atoms with Gasteiger partial charge in [0.15, 0.2) is 13.1 Å². The maximum Gasteiger partial charge on any atom is 0.187 e. The van der Waals surface area contributed by atoms with Crippen LogP contribution in [0.25, 0.3) is 0 Å². The zero-order valence-electron chi connectivity index (χ0n) is 17.7. The molecule has 0 unspecified atom stereocenters. The van der Waals surface area contributed by atoms with Crippen molar-refractivity contribution in [2.45, 2.75) is 104 Å². The van der Waals surface area contributed by atoms with Crippen molar-refractivity contribution in [3.63, 3.8) is 0 Å². The Morgan fingerprint density at radius 3 is 1.96 bits per heavy atom. The van der Waals surface area contributed by atoms with Crippen LogP contribution in [0.1, 0.15) is 97.3 Å². The Bertz CT molecular complexity index is 269. The molecule has 0 saturated heterocycles. The van der Waals surface area contributed by atoms with Crippen LogP contribution in [-0.4, -0.2) is 33.4 Å². The van der Waals surface area contributed by atoms with Gasteiger partial charge in [0.25, 0.3) is 0 Å². The van der Waals surface area contributed by atoms with E-state index in [2.05, 4.69) is 19.9 Å². The van der Waals surface area contributed by atoms with Crippen LogP contribution < -0.4 is 0 Å². The van der Waals surface area contributed by atoms with Gasteiger partial charge in [0.1, 0.15) is 0 Å². The first-order valence-corrected chi connectivity index (χ1v) is 10.8. The first-order chi connectivity index (χ1) is 12.8. The molecule has 0 aliphatic rings. The van der Waals surface area contributed by atoms with Gasteiger partial charge >= 0.3 is 0 Å². The number of allylic oxidation sites excluding steroid dienone is 1. The molecule has 0 aliphatic heterocycles. The molecule has 0 aliphatic carbocycles. The first-order valence-electron chi connectivity index (χ1n) is 10.8. The van der Waals surface area contributed by atoms with Gasteiger partial charge in [-0.3, -0.25) is 0 Å². The van der Waals surface area contributed by atoms with E-state index in [4.69, 9.17) is 18.9 Å². The Balaban J connectivity index is 3.64. The van der Waals surface area contributed by atoms with E-state index in [0.717, 1.165) is 38.9 Å². The van der Waals surface area contributed by atoms with Crippen molar-refractivity contribution in [3.8, 4) is 0 Å². The van der Waals surface area contributed by atoms with Crippen molar-refractivity contribution >= 4 is 0 Å². The first kappa shape index (κ1) is 25.4. The Hall–Kier alpha value is -0.580. The highest BCUT2D eigenvalue weighted by molar-refractivity contribution is 4.72. The summed E-state index contributed by atoms with van der Waals surface area (Å²) in [6.45, 7) is 6.45. The molecular formula is C22H44O4. The van der Waals surface area contributed by atoms with E-state index in [1.165, 1.54) is 57.8 Å². The molecule has 0 saturated carbocycles. The van der Waals surface area contributed by atoms with Gasteiger partial charge in [0, 0.05) is 20.3 Å². The smallest absolute Gasteiger partial charge is 0.187 e. The Morgan fingerprint density at radius 2 is 1.35 bits per heavy atom. The SMILES string of the molecule is CCCCCOC(CCCCCCCC=COCOC)OCCCCC. The van der Waals surface area contributed by atoms with Crippen LogP contribution in [0.3, 0.4) is 0 Å². The maximum atomic E-state index is 5.96. The number of hydrogen-bond acceptors (Lipinski definition) is 4. The molecule has 0 aromatic carbocycles. The fraction of sp³-hybridized carbons (Fsp3) is 0.909. The third-order valence-electron chi connectivity index (χ3n) is 4.29. The topological polar surface area (TPSA) is 36.9 Å². The van der Waals surface area contributed by atoms with Crippen molar-refractivity contribution in [3.05, 3.63) is 12.3 Å². The number of methoxy groups -OCH3 is 1. The largest absolute Gasteiger partial charge is 0.476 e. The van der Waals surface area contributed by atoms with Gasteiger partial charge in [-0.1, -0.05) is 58.8 Å². The highest BCUT2D eigenvalue weighted by Gasteiger charge is 2.09. The highest BCUT2D eigenvalue weighted by Crippen LogP contribution is 2.13. The molecule has 0 atom stereocenters. The summed E-state index contributed by atoms with van der Waals surface area (Å²) in [5.41, 5.74) is 0. The zero-order valence-corrected chi connectivity index (χ0v) is 17.7. The lowest BCUT2D eigenvalue weighted by atomic mass is 10.1. The quantitative estimate of drug-likeness (QED) is 0.129. The van der Waals surface area contributed by atoms with Gasteiger partial charge in [0.05, 0.1) is 6.26 Å². The van der Waals surface area contributed by atoms with E-state index in [1.807, 2.05) is 0 Å². The van der Waals surface area contributed by atoms with Gasteiger partial charge in [-0.25, -0.2) is 0 Å². The van der Waals surface area contributed by atoms with Crippen molar-refractivity contribution in [2.24, 2.45) is 0 Å². The van der Waals surface area contributed by atoms with E-state index < -0.39 is 0 Å². The summed E-state index contributed by atoms with van der Waals surface area (Å²) >= 11 is 0. The van der Waals surface area contributed by atoms with E-state index >= 15 is 0 Å². The molecule has 4 nitrogen and oxygen atoms in total. The summed E-state index contributed by atoms with van der Waals surface area (Å²) in [5.74, 6) is 0. The molecule has 156 valence electrons. The second-order valence-electron chi connectivity index (χ2n) is 6.88. The molecule has 0 aromatic rings. The van der Waals surface area contributed by atoms with Gasteiger partial charge in [0.2, 0.25) is 0 Å².